The Labute approximate surface area is 109 Å². The molecule has 0 atom stereocenters. The summed E-state index contributed by atoms with van der Waals surface area (Å²) in [6.45, 7) is 3.39. The Balaban J connectivity index is 3.11. The molecule has 1 aromatic carbocycles. The van der Waals surface area contributed by atoms with Crippen LogP contribution in [0.25, 0.3) is 0 Å². The van der Waals surface area contributed by atoms with Crippen LogP contribution < -0.4 is 5.32 Å². The minimum Gasteiger partial charge on any atom is -0.465 e. The van der Waals surface area contributed by atoms with Crippen LogP contribution in [0.4, 0.5) is 14.5 Å². The van der Waals surface area contributed by atoms with E-state index in [0.717, 1.165) is 13.2 Å². The van der Waals surface area contributed by atoms with Gasteiger partial charge in [-0.15, -0.1) is 0 Å². The summed E-state index contributed by atoms with van der Waals surface area (Å²) < 4.78 is 31.2. The zero-order valence-corrected chi connectivity index (χ0v) is 10.7. The Morgan fingerprint density at radius 1 is 1.21 bits per heavy atom. The van der Waals surface area contributed by atoms with Gasteiger partial charge in [-0.2, -0.15) is 0 Å². The predicted octanol–water partition coefficient (Wildman–Crippen LogP) is 2.66. The normalized spacial score (nSPS) is 9.74. The minimum atomic E-state index is -1.05. The molecule has 0 radical (unpaired) electrons. The highest BCUT2D eigenvalue weighted by molar-refractivity contribution is 6.00. The van der Waals surface area contributed by atoms with Gasteiger partial charge in [-0.3, -0.25) is 4.79 Å². The van der Waals surface area contributed by atoms with Crippen molar-refractivity contribution in [3.63, 3.8) is 0 Å². The minimum absolute atomic E-state index is 0.288. The maximum Gasteiger partial charge on any atom is 0.340 e. The summed E-state index contributed by atoms with van der Waals surface area (Å²) in [5.41, 5.74) is -0.0195. The van der Waals surface area contributed by atoms with Crippen LogP contribution in [0.2, 0.25) is 0 Å². The van der Waals surface area contributed by atoms with Crippen LogP contribution in [0.3, 0.4) is 0 Å². The second-order valence-corrected chi connectivity index (χ2v) is 4.01. The first-order valence-electron chi connectivity index (χ1n) is 5.38. The van der Waals surface area contributed by atoms with Crippen LogP contribution in [0.1, 0.15) is 24.2 Å². The van der Waals surface area contributed by atoms with Crippen molar-refractivity contribution in [3.8, 4) is 0 Å². The van der Waals surface area contributed by atoms with E-state index in [4.69, 9.17) is 0 Å². The number of carbonyl (C=O) groups excluding carboxylic acids is 2. The fourth-order valence-corrected chi connectivity index (χ4v) is 1.34. The lowest BCUT2D eigenvalue weighted by Crippen LogP contribution is -2.12. The number of halogens is 2. The summed E-state index contributed by atoms with van der Waals surface area (Å²) in [4.78, 5) is 22.7. The van der Waals surface area contributed by atoms with Gasteiger partial charge in [0.1, 0.15) is 11.6 Å². The largest absolute Gasteiger partial charge is 0.465 e. The highest BCUT2D eigenvalue weighted by Crippen LogP contribution is 2.20. The molecule has 0 aliphatic carbocycles. The van der Waals surface area contributed by atoms with Gasteiger partial charge in [-0.1, -0.05) is 5.57 Å². The number of esters is 1. The summed E-state index contributed by atoms with van der Waals surface area (Å²) >= 11 is 0. The van der Waals surface area contributed by atoms with E-state index < -0.39 is 29.1 Å². The zero-order chi connectivity index (χ0) is 14.6. The van der Waals surface area contributed by atoms with Gasteiger partial charge in [0.05, 0.1) is 18.4 Å². The topological polar surface area (TPSA) is 55.4 Å². The van der Waals surface area contributed by atoms with E-state index in [0.29, 0.717) is 11.6 Å². The van der Waals surface area contributed by atoms with Crippen molar-refractivity contribution < 1.29 is 23.1 Å². The Morgan fingerprint density at radius 2 is 1.84 bits per heavy atom. The number of nitrogens with one attached hydrogen (secondary N) is 1. The number of hydrogen-bond acceptors (Lipinski definition) is 3. The molecular formula is C13H13F2NO3. The number of hydrogen-bond donors (Lipinski definition) is 1. The monoisotopic (exact) mass is 269 g/mol. The molecule has 1 N–H and O–H groups in total. The highest BCUT2D eigenvalue weighted by atomic mass is 19.1. The van der Waals surface area contributed by atoms with Crippen LogP contribution in [0.15, 0.2) is 23.8 Å². The second kappa shape index (κ2) is 6.08. The number of methoxy groups -OCH3 is 1. The first-order valence-corrected chi connectivity index (χ1v) is 5.38. The second-order valence-electron chi connectivity index (χ2n) is 4.01. The van der Waals surface area contributed by atoms with E-state index in [1.165, 1.54) is 6.08 Å². The zero-order valence-electron chi connectivity index (χ0n) is 10.7. The molecule has 0 aliphatic heterocycles. The smallest absolute Gasteiger partial charge is 0.340 e. The third-order valence-corrected chi connectivity index (χ3v) is 2.14. The van der Waals surface area contributed by atoms with Crippen molar-refractivity contribution >= 4 is 17.6 Å². The summed E-state index contributed by atoms with van der Waals surface area (Å²) in [7, 11) is 1.08. The molecule has 0 saturated carbocycles. The SMILES string of the molecule is COC(=O)c1cc(NC(=O)C=C(C)C)c(F)cc1F. The van der Waals surface area contributed by atoms with Gasteiger partial charge < -0.3 is 10.1 Å². The fourth-order valence-electron chi connectivity index (χ4n) is 1.34. The lowest BCUT2D eigenvalue weighted by atomic mass is 10.1. The van der Waals surface area contributed by atoms with Gasteiger partial charge >= 0.3 is 5.97 Å². The Bertz CT molecular complexity index is 549. The molecule has 0 unspecified atom stereocenters. The summed E-state index contributed by atoms with van der Waals surface area (Å²) in [6.07, 6.45) is 1.25. The number of allylic oxidation sites excluding steroid dienone is 1. The van der Waals surface area contributed by atoms with Crippen LogP contribution in [0, 0.1) is 11.6 Å². The molecule has 0 fully saturated rings. The van der Waals surface area contributed by atoms with E-state index in [9.17, 15) is 18.4 Å². The van der Waals surface area contributed by atoms with Crippen LogP contribution >= 0.6 is 0 Å². The van der Waals surface area contributed by atoms with E-state index in [1.54, 1.807) is 13.8 Å². The summed E-state index contributed by atoms with van der Waals surface area (Å²) in [6, 6.07) is 1.41. The Morgan fingerprint density at radius 3 is 2.37 bits per heavy atom. The number of benzene rings is 1. The molecular weight excluding hydrogens is 256 g/mol. The molecule has 1 amide bonds. The molecule has 0 heterocycles. The molecule has 102 valence electrons. The molecule has 6 heteroatoms. The molecule has 1 aromatic rings. The fraction of sp³-hybridized carbons (Fsp3) is 0.231. The summed E-state index contributed by atoms with van der Waals surface area (Å²) in [5, 5.41) is 2.22. The number of rotatable bonds is 3. The molecule has 0 aliphatic rings. The van der Waals surface area contributed by atoms with Crippen molar-refractivity contribution in [3.05, 3.63) is 41.0 Å². The van der Waals surface area contributed by atoms with E-state index >= 15 is 0 Å². The van der Waals surface area contributed by atoms with Crippen molar-refractivity contribution in [1.29, 1.82) is 0 Å². The average Bonchev–Trinajstić information content (AvgIpc) is 2.30. The lowest BCUT2D eigenvalue weighted by molar-refractivity contribution is -0.112. The molecule has 19 heavy (non-hydrogen) atoms. The first-order chi connectivity index (χ1) is 8.85. The van der Waals surface area contributed by atoms with Crippen molar-refractivity contribution in [1.82, 2.24) is 0 Å². The van der Waals surface area contributed by atoms with Gasteiger partial charge in [0.2, 0.25) is 5.91 Å². The standard InChI is InChI=1S/C13H13F2NO3/c1-7(2)4-12(17)16-11-5-8(13(18)19-3)9(14)6-10(11)15/h4-6H,1-3H3,(H,16,17). The van der Waals surface area contributed by atoms with Gasteiger partial charge in [-0.25, -0.2) is 13.6 Å². The molecule has 0 aromatic heterocycles. The van der Waals surface area contributed by atoms with Crippen LogP contribution in [-0.2, 0) is 9.53 Å². The van der Waals surface area contributed by atoms with E-state index in [2.05, 4.69) is 10.1 Å². The molecule has 0 bridgehead atoms. The van der Waals surface area contributed by atoms with Crippen molar-refractivity contribution in [2.45, 2.75) is 13.8 Å². The Hall–Kier alpha value is -2.24. The Kier molecular flexibility index (Phi) is 4.74. The maximum atomic E-state index is 13.5. The van der Waals surface area contributed by atoms with E-state index in [-0.39, 0.29) is 5.69 Å². The number of amides is 1. The van der Waals surface area contributed by atoms with Gasteiger partial charge in [0, 0.05) is 12.1 Å². The third-order valence-electron chi connectivity index (χ3n) is 2.14. The molecule has 0 saturated heterocycles. The van der Waals surface area contributed by atoms with Crippen molar-refractivity contribution in [2.75, 3.05) is 12.4 Å². The predicted molar refractivity (Wildman–Crippen MR) is 65.8 cm³/mol. The molecule has 0 spiro atoms. The number of carbonyl (C=O) groups is 2. The van der Waals surface area contributed by atoms with Gasteiger partial charge in [0.25, 0.3) is 0 Å². The number of anilines is 1. The average molecular weight is 269 g/mol. The van der Waals surface area contributed by atoms with Gasteiger partial charge in [-0.05, 0) is 19.9 Å². The third kappa shape index (κ3) is 3.87. The van der Waals surface area contributed by atoms with Crippen LogP contribution in [-0.4, -0.2) is 19.0 Å². The maximum absolute atomic E-state index is 13.5. The quantitative estimate of drug-likeness (QED) is 0.678. The van der Waals surface area contributed by atoms with Gasteiger partial charge in [0.15, 0.2) is 0 Å². The first kappa shape index (κ1) is 14.8. The van der Waals surface area contributed by atoms with Crippen molar-refractivity contribution in [2.24, 2.45) is 0 Å². The lowest BCUT2D eigenvalue weighted by Gasteiger charge is -2.07. The number of ether oxygens (including phenoxy) is 1. The summed E-state index contributed by atoms with van der Waals surface area (Å²) in [5.74, 6) is -3.54. The highest BCUT2D eigenvalue weighted by Gasteiger charge is 2.17. The van der Waals surface area contributed by atoms with E-state index in [1.807, 2.05) is 0 Å². The molecule has 1 rings (SSSR count). The van der Waals surface area contributed by atoms with Crippen LogP contribution in [0.5, 0.6) is 0 Å². The molecule has 4 nitrogen and oxygen atoms in total.